The van der Waals surface area contributed by atoms with Gasteiger partial charge in [-0.25, -0.2) is 4.79 Å². The summed E-state index contributed by atoms with van der Waals surface area (Å²) in [6.45, 7) is 3.13. The van der Waals surface area contributed by atoms with Crippen LogP contribution in [0.5, 0.6) is 11.5 Å². The molecule has 2 unspecified atom stereocenters. The molecule has 0 radical (unpaired) electrons. The molecule has 1 aromatic rings. The first-order valence-electron chi connectivity index (χ1n) is 6.52. The molecule has 1 heterocycles. The van der Waals surface area contributed by atoms with Crippen LogP contribution in [0.1, 0.15) is 25.8 Å². The molecule has 1 aliphatic heterocycles. The highest BCUT2D eigenvalue weighted by molar-refractivity contribution is 8.00. The topological polar surface area (TPSA) is 98.1 Å². The SMILES string of the molecule is CCC1(c2cc(O)ccc2O)SCC(C(=O)O)N1C(C)=O. The lowest BCUT2D eigenvalue weighted by Crippen LogP contribution is -2.49. The molecule has 1 fully saturated rings. The summed E-state index contributed by atoms with van der Waals surface area (Å²) < 4.78 is 0. The lowest BCUT2D eigenvalue weighted by molar-refractivity contribution is -0.150. The number of aliphatic carboxylic acids is 1. The van der Waals surface area contributed by atoms with Crippen LogP contribution in [0.2, 0.25) is 0 Å². The first-order chi connectivity index (χ1) is 9.83. The number of hydrogen-bond donors (Lipinski definition) is 3. The average molecular weight is 311 g/mol. The molecule has 3 N–H and O–H groups in total. The highest BCUT2D eigenvalue weighted by Crippen LogP contribution is 2.52. The first kappa shape index (κ1) is 15.5. The van der Waals surface area contributed by atoms with Crippen LogP contribution in [0.3, 0.4) is 0 Å². The molecule has 1 saturated heterocycles. The van der Waals surface area contributed by atoms with E-state index in [0.717, 1.165) is 0 Å². The summed E-state index contributed by atoms with van der Waals surface area (Å²) in [4.78, 5) is 23.7. The number of amides is 1. The lowest BCUT2D eigenvalue weighted by Gasteiger charge is -2.38. The summed E-state index contributed by atoms with van der Waals surface area (Å²) in [5.74, 6) is -1.33. The lowest BCUT2D eigenvalue weighted by atomic mass is 9.98. The van der Waals surface area contributed by atoms with Crippen LogP contribution < -0.4 is 0 Å². The second-order valence-corrected chi connectivity index (χ2v) is 6.19. The molecule has 21 heavy (non-hydrogen) atoms. The van der Waals surface area contributed by atoms with Gasteiger partial charge in [-0.2, -0.15) is 0 Å². The molecule has 6 nitrogen and oxygen atoms in total. The molecule has 0 aliphatic carbocycles. The Bertz CT molecular complexity index is 591. The predicted molar refractivity (Wildman–Crippen MR) is 78.1 cm³/mol. The van der Waals surface area contributed by atoms with Gasteiger partial charge in [0, 0.05) is 18.2 Å². The summed E-state index contributed by atoms with van der Waals surface area (Å²) in [5.41, 5.74) is 0.356. The number of benzene rings is 1. The third-order valence-corrected chi connectivity index (χ3v) is 5.35. The fraction of sp³-hybridized carbons (Fsp3) is 0.429. The Balaban J connectivity index is 2.62. The van der Waals surface area contributed by atoms with E-state index in [0.29, 0.717) is 12.0 Å². The van der Waals surface area contributed by atoms with Gasteiger partial charge in [0.1, 0.15) is 22.4 Å². The van der Waals surface area contributed by atoms with Gasteiger partial charge in [-0.3, -0.25) is 4.79 Å². The van der Waals surface area contributed by atoms with Crippen molar-refractivity contribution in [1.82, 2.24) is 4.90 Å². The van der Waals surface area contributed by atoms with E-state index in [2.05, 4.69) is 0 Å². The van der Waals surface area contributed by atoms with Crippen molar-refractivity contribution in [3.63, 3.8) is 0 Å². The zero-order chi connectivity index (χ0) is 15.8. The number of nitrogens with zero attached hydrogens (tertiary/aromatic N) is 1. The molecule has 0 spiro atoms. The second kappa shape index (κ2) is 5.48. The quantitative estimate of drug-likeness (QED) is 0.735. The third-order valence-electron chi connectivity index (χ3n) is 3.69. The van der Waals surface area contributed by atoms with E-state index in [1.165, 1.54) is 41.8 Å². The smallest absolute Gasteiger partial charge is 0.327 e. The van der Waals surface area contributed by atoms with Crippen molar-refractivity contribution < 1.29 is 24.9 Å². The van der Waals surface area contributed by atoms with E-state index in [-0.39, 0.29) is 23.2 Å². The molecular weight excluding hydrogens is 294 g/mol. The zero-order valence-electron chi connectivity index (χ0n) is 11.7. The number of rotatable bonds is 3. The number of carboxylic acid groups (broad SMARTS) is 1. The van der Waals surface area contributed by atoms with Gasteiger partial charge in [-0.15, -0.1) is 11.8 Å². The highest BCUT2D eigenvalue weighted by Gasteiger charge is 2.52. The number of thioether (sulfide) groups is 1. The minimum Gasteiger partial charge on any atom is -0.508 e. The van der Waals surface area contributed by atoms with Crippen LogP contribution in [0, 0.1) is 0 Å². The van der Waals surface area contributed by atoms with Crippen LogP contribution in [-0.2, 0) is 14.5 Å². The number of carboxylic acids is 1. The molecule has 0 saturated carbocycles. The summed E-state index contributed by atoms with van der Waals surface area (Å²) in [6.07, 6.45) is 0.415. The highest BCUT2D eigenvalue weighted by atomic mass is 32.2. The van der Waals surface area contributed by atoms with Crippen LogP contribution in [-0.4, -0.2) is 43.9 Å². The standard InChI is InChI=1S/C14H17NO5S/c1-3-14(10-6-9(17)4-5-12(10)18)15(8(2)16)11(7-21-14)13(19)20/h4-6,11,17-18H,3,7H2,1-2H3,(H,19,20). The number of carbonyl (C=O) groups excluding carboxylic acids is 1. The van der Waals surface area contributed by atoms with Crippen LogP contribution >= 0.6 is 11.8 Å². The third kappa shape index (κ3) is 2.42. The summed E-state index contributed by atoms with van der Waals surface area (Å²) in [7, 11) is 0. The molecule has 1 aromatic carbocycles. The number of phenols is 2. The minimum atomic E-state index is -1.08. The molecule has 2 rings (SSSR count). The van der Waals surface area contributed by atoms with Crippen molar-refractivity contribution in [2.45, 2.75) is 31.2 Å². The normalized spacial score (nSPS) is 25.0. The maximum Gasteiger partial charge on any atom is 0.327 e. The Kier molecular flexibility index (Phi) is 4.04. The molecule has 1 aliphatic rings. The molecular formula is C14H17NO5S. The Labute approximate surface area is 126 Å². The average Bonchev–Trinajstić information content (AvgIpc) is 2.82. The van der Waals surface area contributed by atoms with E-state index in [9.17, 15) is 24.9 Å². The Hall–Kier alpha value is -1.89. The van der Waals surface area contributed by atoms with Crippen molar-refractivity contribution >= 4 is 23.6 Å². The minimum absolute atomic E-state index is 0.0431. The fourth-order valence-electron chi connectivity index (χ4n) is 2.78. The van der Waals surface area contributed by atoms with Gasteiger partial charge in [0.2, 0.25) is 5.91 Å². The van der Waals surface area contributed by atoms with Crippen molar-refractivity contribution in [3.8, 4) is 11.5 Å². The molecule has 2 atom stereocenters. The Morgan fingerprint density at radius 3 is 2.62 bits per heavy atom. The monoisotopic (exact) mass is 311 g/mol. The maximum absolute atomic E-state index is 12.0. The number of hydrogen-bond acceptors (Lipinski definition) is 5. The van der Waals surface area contributed by atoms with E-state index in [4.69, 9.17) is 0 Å². The van der Waals surface area contributed by atoms with Gasteiger partial charge in [0.15, 0.2) is 0 Å². The number of aromatic hydroxyl groups is 2. The van der Waals surface area contributed by atoms with Crippen molar-refractivity contribution in [3.05, 3.63) is 23.8 Å². The molecule has 0 bridgehead atoms. The number of phenolic OH excluding ortho intramolecular Hbond substituents is 2. The number of carbonyl (C=O) groups is 2. The molecule has 0 aromatic heterocycles. The van der Waals surface area contributed by atoms with E-state index in [1.807, 2.05) is 6.92 Å². The van der Waals surface area contributed by atoms with Gasteiger partial charge in [-0.05, 0) is 24.6 Å². The van der Waals surface area contributed by atoms with Crippen molar-refractivity contribution in [2.24, 2.45) is 0 Å². The first-order valence-corrected chi connectivity index (χ1v) is 7.51. The van der Waals surface area contributed by atoms with Crippen LogP contribution in [0.15, 0.2) is 18.2 Å². The van der Waals surface area contributed by atoms with Crippen LogP contribution in [0.25, 0.3) is 0 Å². The van der Waals surface area contributed by atoms with Gasteiger partial charge in [-0.1, -0.05) is 6.92 Å². The van der Waals surface area contributed by atoms with Crippen molar-refractivity contribution in [2.75, 3.05) is 5.75 Å². The van der Waals surface area contributed by atoms with Crippen molar-refractivity contribution in [1.29, 1.82) is 0 Å². The van der Waals surface area contributed by atoms with Gasteiger partial charge in [0.05, 0.1) is 0 Å². The fourth-order valence-corrected chi connectivity index (χ4v) is 4.42. The molecule has 7 heteroatoms. The second-order valence-electron chi connectivity index (χ2n) is 4.89. The molecule has 114 valence electrons. The van der Waals surface area contributed by atoms with E-state index >= 15 is 0 Å². The zero-order valence-corrected chi connectivity index (χ0v) is 12.6. The van der Waals surface area contributed by atoms with Gasteiger partial charge >= 0.3 is 5.97 Å². The summed E-state index contributed by atoms with van der Waals surface area (Å²) in [6, 6.07) is 3.12. The maximum atomic E-state index is 12.0. The largest absolute Gasteiger partial charge is 0.508 e. The van der Waals surface area contributed by atoms with E-state index in [1.54, 1.807) is 0 Å². The van der Waals surface area contributed by atoms with Gasteiger partial charge in [0.25, 0.3) is 0 Å². The predicted octanol–water partition coefficient (Wildman–Crippen LogP) is 1.71. The molecule has 1 amide bonds. The Morgan fingerprint density at radius 1 is 1.43 bits per heavy atom. The summed E-state index contributed by atoms with van der Waals surface area (Å²) >= 11 is 1.29. The van der Waals surface area contributed by atoms with Crippen LogP contribution in [0.4, 0.5) is 0 Å². The van der Waals surface area contributed by atoms with Gasteiger partial charge < -0.3 is 20.2 Å². The Morgan fingerprint density at radius 2 is 2.10 bits per heavy atom. The summed E-state index contributed by atoms with van der Waals surface area (Å²) in [5, 5.41) is 29.1. The van der Waals surface area contributed by atoms with E-state index < -0.39 is 16.9 Å².